The van der Waals surface area contributed by atoms with Gasteiger partial charge < -0.3 is 15.4 Å². The van der Waals surface area contributed by atoms with Crippen LogP contribution in [0, 0.1) is 0 Å². The maximum Gasteiger partial charge on any atom is 0.254 e. The monoisotopic (exact) mass is 312 g/mol. The van der Waals surface area contributed by atoms with E-state index in [2.05, 4.69) is 0 Å². The molecular weight excluding hydrogens is 288 g/mol. The van der Waals surface area contributed by atoms with Crippen molar-refractivity contribution in [1.82, 2.24) is 4.90 Å². The van der Waals surface area contributed by atoms with E-state index in [0.29, 0.717) is 6.61 Å². The molecule has 1 aromatic carbocycles. The molecule has 1 aliphatic rings. The van der Waals surface area contributed by atoms with Gasteiger partial charge in [-0.05, 0) is 43.9 Å². The SMILES string of the molecule is COCc1ccc(C(=O)N2CCCCC2C(C)N)cc1.Cl. The zero-order chi connectivity index (χ0) is 14.5. The molecule has 1 fully saturated rings. The number of likely N-dealkylation sites (tertiary alicyclic amines) is 1. The summed E-state index contributed by atoms with van der Waals surface area (Å²) in [5, 5.41) is 0. The Morgan fingerprint density at radius 1 is 1.38 bits per heavy atom. The predicted octanol–water partition coefficient (Wildman–Crippen LogP) is 2.60. The van der Waals surface area contributed by atoms with Crippen LogP contribution < -0.4 is 5.73 Å². The molecule has 4 nitrogen and oxygen atoms in total. The molecule has 21 heavy (non-hydrogen) atoms. The molecule has 1 amide bonds. The first-order valence-electron chi connectivity index (χ1n) is 7.28. The molecule has 1 aromatic rings. The zero-order valence-corrected chi connectivity index (χ0v) is 13.6. The highest BCUT2D eigenvalue weighted by atomic mass is 35.5. The first-order valence-corrected chi connectivity index (χ1v) is 7.28. The summed E-state index contributed by atoms with van der Waals surface area (Å²) < 4.78 is 5.08. The van der Waals surface area contributed by atoms with Gasteiger partial charge in [-0.15, -0.1) is 12.4 Å². The highest BCUT2D eigenvalue weighted by Gasteiger charge is 2.29. The van der Waals surface area contributed by atoms with Crippen LogP contribution in [0.4, 0.5) is 0 Å². The van der Waals surface area contributed by atoms with Crippen molar-refractivity contribution in [3.8, 4) is 0 Å². The van der Waals surface area contributed by atoms with Crippen molar-refractivity contribution in [2.75, 3.05) is 13.7 Å². The van der Waals surface area contributed by atoms with E-state index in [9.17, 15) is 4.79 Å². The average molecular weight is 313 g/mol. The summed E-state index contributed by atoms with van der Waals surface area (Å²) in [5.41, 5.74) is 7.84. The number of methoxy groups -OCH3 is 1. The van der Waals surface area contributed by atoms with E-state index in [0.717, 1.165) is 36.9 Å². The number of rotatable bonds is 4. The fraction of sp³-hybridized carbons (Fsp3) is 0.562. The van der Waals surface area contributed by atoms with Gasteiger partial charge in [0.1, 0.15) is 0 Å². The summed E-state index contributed by atoms with van der Waals surface area (Å²) in [6.45, 7) is 3.36. The average Bonchev–Trinajstić information content (AvgIpc) is 2.47. The lowest BCUT2D eigenvalue weighted by Gasteiger charge is -2.38. The van der Waals surface area contributed by atoms with E-state index in [-0.39, 0.29) is 30.4 Å². The van der Waals surface area contributed by atoms with Crippen LogP contribution in [0.25, 0.3) is 0 Å². The number of hydrogen-bond donors (Lipinski definition) is 1. The second-order valence-electron chi connectivity index (χ2n) is 5.55. The van der Waals surface area contributed by atoms with Gasteiger partial charge in [0.25, 0.3) is 5.91 Å². The van der Waals surface area contributed by atoms with Gasteiger partial charge in [0, 0.05) is 31.3 Å². The Bertz CT molecular complexity index is 448. The second-order valence-corrected chi connectivity index (χ2v) is 5.55. The number of hydrogen-bond acceptors (Lipinski definition) is 3. The lowest BCUT2D eigenvalue weighted by atomic mass is 9.96. The molecule has 0 spiro atoms. The van der Waals surface area contributed by atoms with Crippen molar-refractivity contribution in [3.05, 3.63) is 35.4 Å². The summed E-state index contributed by atoms with van der Waals surface area (Å²) in [5.74, 6) is 0.0935. The molecule has 2 rings (SSSR count). The summed E-state index contributed by atoms with van der Waals surface area (Å²) in [7, 11) is 1.67. The molecule has 0 bridgehead atoms. The van der Waals surface area contributed by atoms with Gasteiger partial charge in [0.2, 0.25) is 0 Å². The first-order chi connectivity index (χ1) is 9.63. The number of carbonyl (C=O) groups excluding carboxylic acids is 1. The van der Waals surface area contributed by atoms with Crippen LogP contribution in [0.2, 0.25) is 0 Å². The third-order valence-electron chi connectivity index (χ3n) is 3.93. The Morgan fingerprint density at radius 2 is 2.05 bits per heavy atom. The third-order valence-corrected chi connectivity index (χ3v) is 3.93. The third kappa shape index (κ3) is 4.43. The Labute approximate surface area is 133 Å². The lowest BCUT2D eigenvalue weighted by Crippen LogP contribution is -2.51. The quantitative estimate of drug-likeness (QED) is 0.929. The summed E-state index contributed by atoms with van der Waals surface area (Å²) in [6.07, 6.45) is 3.23. The smallest absolute Gasteiger partial charge is 0.254 e. The molecule has 0 aliphatic carbocycles. The molecule has 1 heterocycles. The van der Waals surface area contributed by atoms with Gasteiger partial charge in [0.15, 0.2) is 0 Å². The Balaban J connectivity index is 0.00000220. The van der Waals surface area contributed by atoms with Gasteiger partial charge in [-0.1, -0.05) is 12.1 Å². The van der Waals surface area contributed by atoms with Crippen LogP contribution in [-0.2, 0) is 11.3 Å². The molecule has 2 unspecified atom stereocenters. The van der Waals surface area contributed by atoms with Crippen molar-refractivity contribution in [3.63, 3.8) is 0 Å². The number of piperidine rings is 1. The molecule has 118 valence electrons. The van der Waals surface area contributed by atoms with Crippen molar-refractivity contribution in [1.29, 1.82) is 0 Å². The summed E-state index contributed by atoms with van der Waals surface area (Å²) >= 11 is 0. The highest BCUT2D eigenvalue weighted by molar-refractivity contribution is 5.94. The van der Waals surface area contributed by atoms with Gasteiger partial charge in [-0.25, -0.2) is 0 Å². The predicted molar refractivity (Wildman–Crippen MR) is 86.7 cm³/mol. The minimum Gasteiger partial charge on any atom is -0.380 e. The van der Waals surface area contributed by atoms with E-state index in [1.165, 1.54) is 0 Å². The van der Waals surface area contributed by atoms with E-state index in [1.54, 1.807) is 7.11 Å². The van der Waals surface area contributed by atoms with Crippen LogP contribution >= 0.6 is 12.4 Å². The lowest BCUT2D eigenvalue weighted by molar-refractivity contribution is 0.0583. The summed E-state index contributed by atoms with van der Waals surface area (Å²) in [6, 6.07) is 7.83. The minimum atomic E-state index is 0. The Hall–Kier alpha value is -1.10. The van der Waals surface area contributed by atoms with Crippen molar-refractivity contribution in [2.24, 2.45) is 5.73 Å². The molecule has 2 N–H and O–H groups in total. The molecular formula is C16H25ClN2O2. The van der Waals surface area contributed by atoms with Crippen LogP contribution in [0.5, 0.6) is 0 Å². The molecule has 0 aromatic heterocycles. The number of nitrogens with two attached hydrogens (primary N) is 1. The highest BCUT2D eigenvalue weighted by Crippen LogP contribution is 2.21. The minimum absolute atomic E-state index is 0. The standard InChI is InChI=1S/C16H24N2O2.ClH/c1-12(17)15-5-3-4-10-18(15)16(19)14-8-6-13(7-9-14)11-20-2;/h6-9,12,15H,3-5,10-11,17H2,1-2H3;1H. The van der Waals surface area contributed by atoms with Gasteiger partial charge in [-0.2, -0.15) is 0 Å². The topological polar surface area (TPSA) is 55.6 Å². The number of amides is 1. The van der Waals surface area contributed by atoms with E-state index in [4.69, 9.17) is 10.5 Å². The fourth-order valence-electron chi connectivity index (χ4n) is 2.83. The van der Waals surface area contributed by atoms with Gasteiger partial charge in [-0.3, -0.25) is 4.79 Å². The van der Waals surface area contributed by atoms with Crippen LogP contribution in [0.15, 0.2) is 24.3 Å². The van der Waals surface area contributed by atoms with E-state index in [1.807, 2.05) is 36.1 Å². The zero-order valence-electron chi connectivity index (χ0n) is 12.7. The Kier molecular flexibility index (Phi) is 7.15. The second kappa shape index (κ2) is 8.37. The van der Waals surface area contributed by atoms with E-state index >= 15 is 0 Å². The molecule has 5 heteroatoms. The molecule has 0 saturated carbocycles. The number of halogens is 1. The maximum absolute atomic E-state index is 12.6. The molecule has 1 aliphatic heterocycles. The molecule has 0 radical (unpaired) electrons. The maximum atomic E-state index is 12.6. The molecule has 1 saturated heterocycles. The van der Waals surface area contributed by atoms with Crippen LogP contribution in [-0.4, -0.2) is 36.5 Å². The van der Waals surface area contributed by atoms with Crippen LogP contribution in [0.3, 0.4) is 0 Å². The normalized spacial score (nSPS) is 19.8. The number of carbonyl (C=O) groups is 1. The number of nitrogens with zero attached hydrogens (tertiary/aromatic N) is 1. The summed E-state index contributed by atoms with van der Waals surface area (Å²) in [4.78, 5) is 14.6. The number of benzene rings is 1. The van der Waals surface area contributed by atoms with Crippen molar-refractivity contribution >= 4 is 18.3 Å². The first kappa shape index (κ1) is 18.0. The van der Waals surface area contributed by atoms with E-state index < -0.39 is 0 Å². The fourth-order valence-corrected chi connectivity index (χ4v) is 2.83. The van der Waals surface area contributed by atoms with Crippen molar-refractivity contribution in [2.45, 2.75) is 44.9 Å². The van der Waals surface area contributed by atoms with Gasteiger partial charge >= 0.3 is 0 Å². The Morgan fingerprint density at radius 3 is 2.62 bits per heavy atom. The van der Waals surface area contributed by atoms with Crippen LogP contribution in [0.1, 0.15) is 42.1 Å². The van der Waals surface area contributed by atoms with Gasteiger partial charge in [0.05, 0.1) is 6.61 Å². The largest absolute Gasteiger partial charge is 0.380 e. The molecule has 2 atom stereocenters. The van der Waals surface area contributed by atoms with Crippen molar-refractivity contribution < 1.29 is 9.53 Å². The number of ether oxygens (including phenoxy) is 1.